The summed E-state index contributed by atoms with van der Waals surface area (Å²) >= 11 is 0. The molecule has 1 aliphatic heterocycles. The summed E-state index contributed by atoms with van der Waals surface area (Å²) in [5.41, 5.74) is 5.13. The van der Waals surface area contributed by atoms with E-state index in [2.05, 4.69) is 5.32 Å². The van der Waals surface area contributed by atoms with Crippen molar-refractivity contribution in [3.63, 3.8) is 0 Å². The Morgan fingerprint density at radius 1 is 1.44 bits per heavy atom. The zero-order valence-electron chi connectivity index (χ0n) is 13.2. The predicted octanol–water partition coefficient (Wildman–Crippen LogP) is -1.50. The van der Waals surface area contributed by atoms with Crippen molar-refractivity contribution < 1.29 is 34.5 Å². The second-order valence-corrected chi connectivity index (χ2v) is 5.53. The number of nitro benzene ring substituents is 1. The highest BCUT2D eigenvalue weighted by atomic mass is 16.7. The minimum absolute atomic E-state index is 0.0868. The van der Waals surface area contributed by atoms with Crippen LogP contribution in [0.25, 0.3) is 0 Å². The van der Waals surface area contributed by atoms with Gasteiger partial charge in [-0.15, -0.1) is 0 Å². The molecule has 0 radical (unpaired) electrons. The number of nitrogens with one attached hydrogen (secondary N) is 1. The molecular formula is C14H19N3O8. The monoisotopic (exact) mass is 357 g/mol. The SMILES string of the molecule is CC(=O)N[C@H]1[C@H](Oc2ccc([N+](=O)[O-])c(N)c2)O[C@H](CO)[C@@H](O)[C@@H]1O. The molecule has 1 aromatic rings. The normalized spacial score (nSPS) is 29.0. The Labute approximate surface area is 142 Å². The maximum absolute atomic E-state index is 11.3. The van der Waals surface area contributed by atoms with Crippen LogP contribution in [-0.2, 0) is 9.53 Å². The molecule has 1 aliphatic rings. The van der Waals surface area contributed by atoms with Crippen LogP contribution >= 0.6 is 0 Å². The Bertz CT molecular complexity index is 655. The number of carbonyl (C=O) groups is 1. The number of amides is 1. The van der Waals surface area contributed by atoms with E-state index >= 15 is 0 Å². The summed E-state index contributed by atoms with van der Waals surface area (Å²) in [6.07, 6.45) is -5.31. The number of aliphatic hydroxyl groups excluding tert-OH is 3. The zero-order chi connectivity index (χ0) is 18.7. The summed E-state index contributed by atoms with van der Waals surface area (Å²) in [4.78, 5) is 21.5. The van der Waals surface area contributed by atoms with E-state index in [-0.39, 0.29) is 17.1 Å². The van der Waals surface area contributed by atoms with E-state index in [4.69, 9.17) is 15.2 Å². The highest BCUT2D eigenvalue weighted by Crippen LogP contribution is 2.29. The minimum atomic E-state index is -1.46. The van der Waals surface area contributed by atoms with Gasteiger partial charge >= 0.3 is 0 Å². The predicted molar refractivity (Wildman–Crippen MR) is 83.5 cm³/mol. The number of carbonyl (C=O) groups excluding carboxylic acids is 1. The summed E-state index contributed by atoms with van der Waals surface area (Å²) < 4.78 is 10.9. The second kappa shape index (κ2) is 7.61. The van der Waals surface area contributed by atoms with E-state index in [9.17, 15) is 30.2 Å². The smallest absolute Gasteiger partial charge is 0.292 e. The minimum Gasteiger partial charge on any atom is -0.462 e. The Balaban J connectivity index is 2.25. The average Bonchev–Trinajstić information content (AvgIpc) is 2.53. The van der Waals surface area contributed by atoms with Crippen LogP contribution in [0.1, 0.15) is 6.92 Å². The van der Waals surface area contributed by atoms with Crippen molar-refractivity contribution in [3.05, 3.63) is 28.3 Å². The average molecular weight is 357 g/mol. The lowest BCUT2D eigenvalue weighted by atomic mass is 9.97. The van der Waals surface area contributed by atoms with E-state index in [1.807, 2.05) is 0 Å². The molecule has 0 unspecified atom stereocenters. The fraction of sp³-hybridized carbons (Fsp3) is 0.500. The molecule has 1 amide bonds. The summed E-state index contributed by atoms with van der Waals surface area (Å²) in [5, 5.41) is 42.5. The van der Waals surface area contributed by atoms with Crippen LogP contribution in [0.3, 0.4) is 0 Å². The van der Waals surface area contributed by atoms with Gasteiger partial charge in [0.2, 0.25) is 12.2 Å². The number of hydrogen-bond donors (Lipinski definition) is 5. The molecule has 1 fully saturated rings. The van der Waals surface area contributed by atoms with Crippen LogP contribution in [-0.4, -0.2) is 63.4 Å². The molecule has 11 nitrogen and oxygen atoms in total. The Morgan fingerprint density at radius 3 is 2.64 bits per heavy atom. The molecule has 138 valence electrons. The third kappa shape index (κ3) is 4.14. The molecule has 0 bridgehead atoms. The maximum Gasteiger partial charge on any atom is 0.292 e. The third-order valence-corrected chi connectivity index (χ3v) is 3.70. The third-order valence-electron chi connectivity index (χ3n) is 3.70. The van der Waals surface area contributed by atoms with Crippen molar-refractivity contribution in [1.29, 1.82) is 0 Å². The molecule has 1 saturated heterocycles. The van der Waals surface area contributed by atoms with Crippen molar-refractivity contribution >= 4 is 17.3 Å². The number of nitrogens with zero attached hydrogens (tertiary/aromatic N) is 1. The first kappa shape index (κ1) is 18.9. The number of benzene rings is 1. The molecule has 2 rings (SSSR count). The van der Waals surface area contributed by atoms with E-state index in [1.54, 1.807) is 0 Å². The van der Waals surface area contributed by atoms with Crippen molar-refractivity contribution in [3.8, 4) is 5.75 Å². The van der Waals surface area contributed by atoms with Gasteiger partial charge in [0.1, 0.15) is 35.8 Å². The van der Waals surface area contributed by atoms with Gasteiger partial charge in [0.25, 0.3) is 5.69 Å². The number of aliphatic hydroxyl groups is 3. The standard InChI is InChI=1S/C14H19N3O8/c1-6(19)16-11-13(21)12(20)10(5-18)25-14(11)24-7-2-3-9(17(22)23)8(15)4-7/h2-4,10-14,18,20-21H,5,15H2,1H3,(H,16,19)/t10-,11-,12-,13-,14-/m1/s1. The highest BCUT2D eigenvalue weighted by molar-refractivity contribution is 5.73. The van der Waals surface area contributed by atoms with E-state index in [1.165, 1.54) is 19.1 Å². The van der Waals surface area contributed by atoms with Crippen LogP contribution in [0.15, 0.2) is 18.2 Å². The first-order valence-electron chi connectivity index (χ1n) is 7.34. The first-order valence-corrected chi connectivity index (χ1v) is 7.34. The number of nitrogens with two attached hydrogens (primary N) is 1. The maximum atomic E-state index is 11.3. The molecule has 6 N–H and O–H groups in total. The molecule has 0 aromatic heterocycles. The number of rotatable bonds is 5. The lowest BCUT2D eigenvalue weighted by Crippen LogP contribution is -2.65. The quantitative estimate of drug-likeness (QED) is 0.238. The van der Waals surface area contributed by atoms with Gasteiger partial charge in [-0.05, 0) is 6.07 Å². The number of anilines is 1. The van der Waals surface area contributed by atoms with Crippen LogP contribution in [0, 0.1) is 10.1 Å². The van der Waals surface area contributed by atoms with Gasteiger partial charge in [-0.3, -0.25) is 14.9 Å². The zero-order valence-corrected chi connectivity index (χ0v) is 13.2. The summed E-state index contributed by atoms with van der Waals surface area (Å²) in [6.45, 7) is 0.617. The fourth-order valence-electron chi connectivity index (χ4n) is 2.48. The summed E-state index contributed by atoms with van der Waals surface area (Å²) in [6, 6.07) is 2.47. The molecular weight excluding hydrogens is 338 g/mol. The van der Waals surface area contributed by atoms with Crippen molar-refractivity contribution in [2.45, 2.75) is 37.6 Å². The second-order valence-electron chi connectivity index (χ2n) is 5.53. The number of hydrogen-bond acceptors (Lipinski definition) is 9. The van der Waals surface area contributed by atoms with Crippen LogP contribution in [0.2, 0.25) is 0 Å². The lowest BCUT2D eigenvalue weighted by molar-refractivity contribution is -0.383. The Kier molecular flexibility index (Phi) is 5.74. The van der Waals surface area contributed by atoms with Gasteiger partial charge in [0, 0.05) is 19.1 Å². The largest absolute Gasteiger partial charge is 0.462 e. The Morgan fingerprint density at radius 2 is 2.12 bits per heavy atom. The van der Waals surface area contributed by atoms with Crippen molar-refractivity contribution in [2.75, 3.05) is 12.3 Å². The van der Waals surface area contributed by atoms with Gasteiger partial charge < -0.3 is 35.8 Å². The topological polar surface area (TPSA) is 177 Å². The number of nitro groups is 1. The molecule has 0 aliphatic carbocycles. The van der Waals surface area contributed by atoms with Crippen LogP contribution in [0.4, 0.5) is 11.4 Å². The number of nitrogen functional groups attached to an aromatic ring is 1. The summed E-state index contributed by atoms with van der Waals surface area (Å²) in [5.74, 6) is -0.414. The Hall–Kier alpha value is -2.47. The molecule has 11 heteroatoms. The molecule has 1 aromatic carbocycles. The fourth-order valence-corrected chi connectivity index (χ4v) is 2.48. The first-order chi connectivity index (χ1) is 11.7. The van der Waals surface area contributed by atoms with E-state index in [0.717, 1.165) is 6.07 Å². The van der Waals surface area contributed by atoms with Crippen LogP contribution in [0.5, 0.6) is 5.75 Å². The molecule has 0 spiro atoms. The van der Waals surface area contributed by atoms with E-state index < -0.39 is 48.1 Å². The van der Waals surface area contributed by atoms with Gasteiger partial charge in [-0.25, -0.2) is 0 Å². The lowest BCUT2D eigenvalue weighted by Gasteiger charge is -2.42. The molecule has 0 saturated carbocycles. The van der Waals surface area contributed by atoms with E-state index in [0.29, 0.717) is 0 Å². The van der Waals surface area contributed by atoms with Crippen molar-refractivity contribution in [1.82, 2.24) is 5.32 Å². The molecule has 5 atom stereocenters. The van der Waals surface area contributed by atoms with Gasteiger partial charge in [0.15, 0.2) is 0 Å². The van der Waals surface area contributed by atoms with Gasteiger partial charge in [-0.1, -0.05) is 0 Å². The number of ether oxygens (including phenoxy) is 2. The molecule has 25 heavy (non-hydrogen) atoms. The van der Waals surface area contributed by atoms with Crippen LogP contribution < -0.4 is 15.8 Å². The molecule has 1 heterocycles. The summed E-state index contributed by atoms with van der Waals surface area (Å²) in [7, 11) is 0. The van der Waals surface area contributed by atoms with Gasteiger partial charge in [-0.2, -0.15) is 0 Å². The van der Waals surface area contributed by atoms with Gasteiger partial charge in [0.05, 0.1) is 11.5 Å². The highest BCUT2D eigenvalue weighted by Gasteiger charge is 2.46. The van der Waals surface area contributed by atoms with Crippen molar-refractivity contribution in [2.24, 2.45) is 0 Å².